The Kier molecular flexibility index (Phi) is 0.674. The summed E-state index contributed by atoms with van der Waals surface area (Å²) in [6.07, 6.45) is 0. The molecule has 3 nitrogen and oxygen atoms in total. The molecule has 2 rings (SSSR count). The van der Waals surface area contributed by atoms with Crippen LogP contribution >= 0.6 is 12.4 Å². The molecule has 2 aliphatic heterocycles. The Morgan fingerprint density at radius 2 is 1.00 bits per heavy atom. The van der Waals surface area contributed by atoms with Gasteiger partial charge >= 0.3 is 45.9 Å². The molecule has 0 atom stereocenters. The van der Waals surface area contributed by atoms with E-state index in [0.717, 1.165) is 21.3 Å². The molecule has 0 aromatic carbocycles. The van der Waals surface area contributed by atoms with Gasteiger partial charge in [-0.15, -0.1) is 12.4 Å². The van der Waals surface area contributed by atoms with E-state index in [0.29, 0.717) is 0 Å². The Morgan fingerprint density at radius 1 is 0.778 bits per heavy atom. The first-order valence-corrected chi connectivity index (χ1v) is 6.67. The van der Waals surface area contributed by atoms with Gasteiger partial charge in [-0.2, -0.15) is 0 Å². The van der Waals surface area contributed by atoms with E-state index in [1.54, 1.807) is 0 Å². The summed E-state index contributed by atoms with van der Waals surface area (Å²) in [6.45, 7) is 0. The van der Waals surface area contributed by atoms with E-state index in [1.807, 2.05) is 0 Å². The molecule has 0 radical (unpaired) electrons. The molecule has 1 spiro atoms. The van der Waals surface area contributed by atoms with Crippen molar-refractivity contribution in [3.8, 4) is 0 Å². The van der Waals surface area contributed by atoms with Gasteiger partial charge in [0.25, 0.3) is 0 Å². The standard InChI is InChI=1S/2C2H4.ClH.Cu.3H2N/c2*1-2;;;;;/h2*1-2H2;1H;;3*1H2/q;;;+3;3*-1. The molecule has 2 aliphatic rings. The van der Waals surface area contributed by atoms with Gasteiger partial charge in [0.15, 0.2) is 0 Å². The van der Waals surface area contributed by atoms with Crippen molar-refractivity contribution in [1.29, 1.82) is 0 Å². The average Bonchev–Trinajstić information content (AvgIpc) is 2.27. The first kappa shape index (κ1) is 7.79. The molecule has 2 heterocycles. The van der Waals surface area contributed by atoms with Crippen molar-refractivity contribution >= 4 is 12.4 Å². The zero-order valence-corrected chi connectivity index (χ0v) is 7.03. The van der Waals surface area contributed by atoms with Crippen LogP contribution in [0.25, 0.3) is 0 Å². The molecule has 0 unspecified atom stereocenters. The molecular weight excluding hydrogens is 189 g/mol. The van der Waals surface area contributed by atoms with Gasteiger partial charge in [0.2, 0.25) is 0 Å². The van der Waals surface area contributed by atoms with Gasteiger partial charge < -0.3 is 0 Å². The number of rotatable bonds is 0. The number of hydrogen-bond donors (Lipinski definition) is 3. The Bertz CT molecular complexity index is 177. The Labute approximate surface area is 58.6 Å². The normalized spacial score (nSPS) is 55.2. The average molecular weight is 204 g/mol. The summed E-state index contributed by atoms with van der Waals surface area (Å²) < 4.78 is 17.9. The molecule has 0 aromatic heterocycles. The molecule has 6 N–H and O–H groups in total. The Hall–Kier alpha value is 0.689. The predicted octanol–water partition coefficient (Wildman–Crippen LogP) is 0.491. The van der Waals surface area contributed by atoms with Crippen LogP contribution in [0.2, 0.25) is 21.3 Å². The molecule has 9 heavy (non-hydrogen) atoms. The fraction of sp³-hybridized carbons (Fsp3) is 1.00. The van der Waals surface area contributed by atoms with E-state index in [1.165, 1.54) is 0 Å². The summed E-state index contributed by atoms with van der Waals surface area (Å²) >= 11 is 0. The summed E-state index contributed by atoms with van der Waals surface area (Å²) in [5, 5.41) is 3.63. The third-order valence-corrected chi connectivity index (χ3v) is 9.07. The van der Waals surface area contributed by atoms with Gasteiger partial charge in [-0.25, -0.2) is 0 Å². The SMILES string of the molecule is Cl.[NH2][Cu]12([NH2])([NH2])([CH2][CH2]1)[CH2][CH2]2. The van der Waals surface area contributed by atoms with Crippen molar-refractivity contribution in [2.24, 2.45) is 14.3 Å². The number of halogens is 1. The maximum absolute atomic E-state index is 5.98. The third-order valence-electron chi connectivity index (χ3n) is 2.20. The quantitative estimate of drug-likeness (QED) is 0.502. The summed E-state index contributed by atoms with van der Waals surface area (Å²) in [6, 6.07) is 0. The third kappa shape index (κ3) is 0.755. The first-order chi connectivity index (χ1) is 3.20. The van der Waals surface area contributed by atoms with Crippen LogP contribution in [0.4, 0.5) is 0 Å². The van der Waals surface area contributed by atoms with Crippen molar-refractivity contribution in [2.75, 3.05) is 0 Å². The van der Waals surface area contributed by atoms with E-state index in [4.69, 9.17) is 14.3 Å². The van der Waals surface area contributed by atoms with Crippen LogP contribution in [-0.2, 0) is 10.3 Å². The number of hydrogen-bond acceptors (Lipinski definition) is 3. The fourth-order valence-electron chi connectivity index (χ4n) is 0.588. The molecule has 0 saturated carbocycles. The Balaban J connectivity index is 0.000000405. The second kappa shape index (κ2) is 0.779. The Morgan fingerprint density at radius 3 is 1.00 bits per heavy atom. The molecular formula is C4H15ClCuN3. The maximum atomic E-state index is 5.98. The van der Waals surface area contributed by atoms with Crippen molar-refractivity contribution in [3.05, 3.63) is 0 Å². The zero-order chi connectivity index (χ0) is 6.21. The van der Waals surface area contributed by atoms with Crippen LogP contribution in [-0.4, -0.2) is 0 Å². The van der Waals surface area contributed by atoms with Crippen LogP contribution in [0.3, 0.4) is 0 Å². The summed E-state index contributed by atoms with van der Waals surface area (Å²) in [5.41, 5.74) is 0. The van der Waals surface area contributed by atoms with E-state index in [2.05, 4.69) is 0 Å². The predicted molar refractivity (Wildman–Crippen MR) is 39.0 cm³/mol. The van der Waals surface area contributed by atoms with Crippen LogP contribution in [0.1, 0.15) is 0 Å². The van der Waals surface area contributed by atoms with Gasteiger partial charge in [-0.3, -0.25) is 0 Å². The molecule has 2 fully saturated rings. The molecule has 0 amide bonds. The second-order valence-electron chi connectivity index (χ2n) is 3.29. The summed E-state index contributed by atoms with van der Waals surface area (Å²) in [7, 11) is -3.03. The van der Waals surface area contributed by atoms with Crippen molar-refractivity contribution in [1.82, 2.24) is 0 Å². The topological polar surface area (TPSA) is 78.1 Å². The van der Waals surface area contributed by atoms with Gasteiger partial charge in [0.1, 0.15) is 0 Å². The summed E-state index contributed by atoms with van der Waals surface area (Å²) in [4.78, 5) is 0. The molecule has 0 aromatic rings. The van der Waals surface area contributed by atoms with E-state index in [-0.39, 0.29) is 12.4 Å². The molecule has 5 heteroatoms. The van der Waals surface area contributed by atoms with Gasteiger partial charge in [0, 0.05) is 0 Å². The van der Waals surface area contributed by atoms with Gasteiger partial charge in [0.05, 0.1) is 0 Å². The van der Waals surface area contributed by atoms with Crippen LogP contribution in [0.5, 0.6) is 0 Å². The minimum atomic E-state index is -3.03. The monoisotopic (exact) mass is 203 g/mol. The molecule has 0 aliphatic carbocycles. The van der Waals surface area contributed by atoms with Crippen molar-refractivity contribution in [3.63, 3.8) is 0 Å². The van der Waals surface area contributed by atoms with Crippen LogP contribution < -0.4 is 14.3 Å². The van der Waals surface area contributed by atoms with E-state index >= 15 is 0 Å². The minimum absolute atomic E-state index is 0. The molecule has 0 bridgehead atoms. The van der Waals surface area contributed by atoms with Crippen LogP contribution in [0.15, 0.2) is 0 Å². The fourth-order valence-corrected chi connectivity index (χ4v) is 6.11. The van der Waals surface area contributed by atoms with E-state index in [9.17, 15) is 0 Å². The van der Waals surface area contributed by atoms with Crippen LogP contribution in [0, 0.1) is 0 Å². The van der Waals surface area contributed by atoms with Crippen molar-refractivity contribution < 1.29 is 10.3 Å². The molecule has 64 valence electrons. The second-order valence-corrected chi connectivity index (χ2v) is 13.5. The van der Waals surface area contributed by atoms with E-state index < -0.39 is 10.3 Å². The summed E-state index contributed by atoms with van der Waals surface area (Å²) in [5.74, 6) is 0. The van der Waals surface area contributed by atoms with Gasteiger partial charge in [-0.05, 0) is 0 Å². The zero-order valence-electron chi connectivity index (χ0n) is 5.27. The number of nitrogens with two attached hydrogens (primary N) is 3. The molecule has 2 saturated heterocycles. The van der Waals surface area contributed by atoms with Gasteiger partial charge in [-0.1, -0.05) is 0 Å². The first-order valence-electron chi connectivity index (χ1n) is 2.38. The van der Waals surface area contributed by atoms with Crippen molar-refractivity contribution in [2.45, 2.75) is 21.3 Å².